The zero-order valence-electron chi connectivity index (χ0n) is 12.3. The average molecular weight is 371 g/mol. The van der Waals surface area contributed by atoms with Gasteiger partial charge in [-0.25, -0.2) is 4.98 Å². The molecular formula is C18H11ClN2OS2. The van der Waals surface area contributed by atoms with Crippen LogP contribution in [-0.2, 0) is 0 Å². The zero-order chi connectivity index (χ0) is 16.5. The highest BCUT2D eigenvalue weighted by molar-refractivity contribution is 7.19. The molecule has 4 rings (SSSR count). The predicted molar refractivity (Wildman–Crippen MR) is 102 cm³/mol. The molecule has 4 aromatic rings. The molecule has 0 aliphatic carbocycles. The van der Waals surface area contributed by atoms with E-state index in [2.05, 4.69) is 9.97 Å². The van der Waals surface area contributed by atoms with Gasteiger partial charge in [0.05, 0.1) is 19.4 Å². The van der Waals surface area contributed by atoms with Crippen LogP contribution >= 0.6 is 34.3 Å². The maximum absolute atomic E-state index is 12.1. The number of nitrogens with one attached hydrogen (secondary N) is 1. The molecule has 6 heteroatoms. The number of thiazole rings is 2. The summed E-state index contributed by atoms with van der Waals surface area (Å²) in [7, 11) is 0. The van der Waals surface area contributed by atoms with E-state index in [0.29, 0.717) is 9.55 Å². The van der Waals surface area contributed by atoms with Gasteiger partial charge in [0.25, 0.3) is 5.56 Å². The van der Waals surface area contributed by atoms with Gasteiger partial charge in [0, 0.05) is 11.1 Å². The summed E-state index contributed by atoms with van der Waals surface area (Å²) in [6.45, 7) is 0. The fourth-order valence-electron chi connectivity index (χ4n) is 2.34. The molecule has 0 spiro atoms. The van der Waals surface area contributed by atoms with E-state index in [0.717, 1.165) is 25.5 Å². The molecule has 0 saturated carbocycles. The van der Waals surface area contributed by atoms with Crippen LogP contribution in [0, 0.1) is 0 Å². The van der Waals surface area contributed by atoms with Crippen molar-refractivity contribution in [3.8, 4) is 0 Å². The highest BCUT2D eigenvalue weighted by Gasteiger charge is 2.01. The van der Waals surface area contributed by atoms with Crippen LogP contribution < -0.4 is 14.8 Å². The van der Waals surface area contributed by atoms with Crippen LogP contribution in [0.3, 0.4) is 0 Å². The van der Waals surface area contributed by atoms with Crippen LogP contribution in [-0.4, -0.2) is 9.97 Å². The van der Waals surface area contributed by atoms with E-state index >= 15 is 0 Å². The van der Waals surface area contributed by atoms with Crippen LogP contribution in [0.5, 0.6) is 0 Å². The number of para-hydroxylation sites is 1. The summed E-state index contributed by atoms with van der Waals surface area (Å²) in [5, 5.41) is 1.53. The first-order valence-electron chi connectivity index (χ1n) is 7.21. The van der Waals surface area contributed by atoms with Gasteiger partial charge < -0.3 is 4.98 Å². The summed E-state index contributed by atoms with van der Waals surface area (Å²) in [5.41, 5.74) is 1.77. The number of H-pyrrole nitrogens is 1. The Bertz CT molecular complexity index is 1170. The second kappa shape index (κ2) is 6.36. The van der Waals surface area contributed by atoms with Gasteiger partial charge in [-0.2, -0.15) is 0 Å². The molecule has 2 aromatic heterocycles. The molecule has 0 atom stereocenters. The summed E-state index contributed by atoms with van der Waals surface area (Å²) >= 11 is 9.00. The Balaban J connectivity index is 1.79. The summed E-state index contributed by atoms with van der Waals surface area (Å²) in [4.78, 5) is 19.6. The molecule has 1 N–H and O–H groups in total. The van der Waals surface area contributed by atoms with E-state index in [9.17, 15) is 4.79 Å². The van der Waals surface area contributed by atoms with Crippen molar-refractivity contribution in [2.24, 2.45) is 0 Å². The maximum atomic E-state index is 12.1. The van der Waals surface area contributed by atoms with Crippen molar-refractivity contribution in [2.45, 2.75) is 0 Å². The van der Waals surface area contributed by atoms with Crippen LogP contribution in [0.15, 0.2) is 53.3 Å². The van der Waals surface area contributed by atoms with E-state index in [4.69, 9.17) is 11.6 Å². The lowest BCUT2D eigenvalue weighted by molar-refractivity contribution is 1.25. The first kappa shape index (κ1) is 15.3. The minimum Gasteiger partial charge on any atom is -0.313 e. The zero-order valence-corrected chi connectivity index (χ0v) is 14.7. The minimum absolute atomic E-state index is 0.104. The Labute approximate surface area is 150 Å². The van der Waals surface area contributed by atoms with E-state index in [1.165, 1.54) is 11.3 Å². The van der Waals surface area contributed by atoms with E-state index in [1.54, 1.807) is 11.3 Å². The molecule has 24 heavy (non-hydrogen) atoms. The third-order valence-electron chi connectivity index (χ3n) is 3.39. The van der Waals surface area contributed by atoms with Gasteiger partial charge in [-0.05, 0) is 35.9 Å². The lowest BCUT2D eigenvalue weighted by Gasteiger charge is -1.91. The van der Waals surface area contributed by atoms with Crippen molar-refractivity contribution in [3.05, 3.63) is 83.7 Å². The van der Waals surface area contributed by atoms with Gasteiger partial charge in [-0.15, -0.1) is 22.7 Å². The normalized spacial score (nSPS) is 13.0. The predicted octanol–water partition coefficient (Wildman–Crippen LogP) is 3.36. The Kier molecular flexibility index (Phi) is 4.06. The van der Waals surface area contributed by atoms with Crippen molar-refractivity contribution in [3.63, 3.8) is 0 Å². The Morgan fingerprint density at radius 2 is 1.92 bits per heavy atom. The van der Waals surface area contributed by atoms with Gasteiger partial charge in [0.2, 0.25) is 0 Å². The fourth-order valence-corrected chi connectivity index (χ4v) is 4.41. The molecule has 0 fully saturated rings. The molecule has 0 saturated heterocycles. The van der Waals surface area contributed by atoms with Gasteiger partial charge in [0.1, 0.15) is 5.01 Å². The molecule has 0 aliphatic heterocycles. The number of aromatic nitrogens is 2. The number of benzene rings is 2. The summed E-state index contributed by atoms with van der Waals surface area (Å²) in [5.74, 6) is 0. The van der Waals surface area contributed by atoms with E-state index < -0.39 is 0 Å². The summed E-state index contributed by atoms with van der Waals surface area (Å²) in [6.07, 6.45) is 3.75. The number of nitrogens with zero attached hydrogens (tertiary/aromatic N) is 1. The maximum Gasteiger partial charge on any atom is 0.266 e. The minimum atomic E-state index is -0.104. The highest BCUT2D eigenvalue weighted by atomic mass is 35.5. The van der Waals surface area contributed by atoms with Crippen molar-refractivity contribution in [1.82, 2.24) is 9.97 Å². The SMILES string of the molecule is O=c1[nH]/c(=C\c2nc3ccccc3s2)s/c1=C\c1cccc(Cl)c1. The number of rotatable bonds is 2. The topological polar surface area (TPSA) is 45.8 Å². The van der Waals surface area contributed by atoms with Crippen LogP contribution in [0.2, 0.25) is 5.02 Å². The van der Waals surface area contributed by atoms with Gasteiger partial charge in [-0.1, -0.05) is 35.9 Å². The van der Waals surface area contributed by atoms with Gasteiger partial charge in [-0.3, -0.25) is 4.79 Å². The lowest BCUT2D eigenvalue weighted by Crippen LogP contribution is -2.19. The van der Waals surface area contributed by atoms with Crippen molar-refractivity contribution in [2.75, 3.05) is 0 Å². The number of hydrogen-bond acceptors (Lipinski definition) is 4. The number of aromatic amines is 1. The van der Waals surface area contributed by atoms with Crippen LogP contribution in [0.4, 0.5) is 0 Å². The smallest absolute Gasteiger partial charge is 0.266 e. The van der Waals surface area contributed by atoms with Crippen LogP contribution in [0.25, 0.3) is 22.4 Å². The summed E-state index contributed by atoms with van der Waals surface area (Å²) in [6, 6.07) is 15.4. The molecule has 0 radical (unpaired) electrons. The quantitative estimate of drug-likeness (QED) is 0.588. The first-order chi connectivity index (χ1) is 11.7. The monoisotopic (exact) mass is 370 g/mol. The first-order valence-corrected chi connectivity index (χ1v) is 9.22. The Hall–Kier alpha value is -2.21. The van der Waals surface area contributed by atoms with Crippen molar-refractivity contribution < 1.29 is 0 Å². The Morgan fingerprint density at radius 1 is 1.04 bits per heavy atom. The molecule has 0 amide bonds. The van der Waals surface area contributed by atoms with Gasteiger partial charge in [0.15, 0.2) is 0 Å². The number of fused-ring (bicyclic) bond motifs is 1. The standard InChI is InChI=1S/C18H11ClN2OS2/c19-12-5-3-4-11(8-12)9-15-18(22)21-17(24-15)10-16-20-13-6-1-2-7-14(13)23-16/h1-10H,(H,21,22)/b15-9-,17-10+. The van der Waals surface area contributed by atoms with Crippen molar-refractivity contribution in [1.29, 1.82) is 0 Å². The second-order valence-corrected chi connectivity index (χ2v) is 7.73. The van der Waals surface area contributed by atoms with Crippen molar-refractivity contribution >= 4 is 56.6 Å². The number of hydrogen-bond donors (Lipinski definition) is 1. The number of halogens is 1. The molecule has 2 heterocycles. The second-order valence-electron chi connectivity index (χ2n) is 5.15. The third kappa shape index (κ3) is 3.19. The Morgan fingerprint density at radius 3 is 2.75 bits per heavy atom. The molecule has 0 bridgehead atoms. The van der Waals surface area contributed by atoms with E-state index in [-0.39, 0.29) is 5.56 Å². The third-order valence-corrected chi connectivity index (χ3v) is 5.57. The van der Waals surface area contributed by atoms with Gasteiger partial charge >= 0.3 is 0 Å². The molecule has 2 aromatic carbocycles. The molecular weight excluding hydrogens is 360 g/mol. The fraction of sp³-hybridized carbons (Fsp3) is 0. The molecule has 0 unspecified atom stereocenters. The largest absolute Gasteiger partial charge is 0.313 e. The average Bonchev–Trinajstić information content (AvgIpc) is 3.10. The highest BCUT2D eigenvalue weighted by Crippen LogP contribution is 2.21. The molecule has 3 nitrogen and oxygen atoms in total. The molecule has 118 valence electrons. The van der Waals surface area contributed by atoms with Crippen LogP contribution in [0.1, 0.15) is 10.6 Å². The lowest BCUT2D eigenvalue weighted by atomic mass is 10.2. The molecule has 0 aliphatic rings. The van der Waals surface area contributed by atoms with E-state index in [1.807, 2.05) is 60.7 Å². The summed E-state index contributed by atoms with van der Waals surface area (Å²) < 4.78 is 2.56.